The molecule has 2 N–H and O–H groups in total. The van der Waals surface area contributed by atoms with Gasteiger partial charge in [0.2, 0.25) is 9.84 Å². The summed E-state index contributed by atoms with van der Waals surface area (Å²) in [5.41, 5.74) is 6.19. The number of sulfone groups is 1. The van der Waals surface area contributed by atoms with Gasteiger partial charge in [-0.05, 0) is 12.1 Å². The van der Waals surface area contributed by atoms with E-state index >= 15 is 0 Å². The monoisotopic (exact) mass is 381 g/mol. The Kier molecular flexibility index (Phi) is 3.61. The van der Waals surface area contributed by atoms with Gasteiger partial charge in [-0.3, -0.25) is 4.40 Å². The lowest BCUT2D eigenvalue weighted by atomic mass is 10.3. The van der Waals surface area contributed by atoms with E-state index in [4.69, 9.17) is 17.3 Å². The van der Waals surface area contributed by atoms with E-state index in [0.717, 1.165) is 0 Å². The zero-order valence-corrected chi connectivity index (χ0v) is 14.6. The maximum absolute atomic E-state index is 13.2. The number of aromatic nitrogens is 4. The van der Waals surface area contributed by atoms with Crippen LogP contribution < -0.4 is 5.73 Å². The summed E-state index contributed by atoms with van der Waals surface area (Å²) in [6.45, 7) is 0.846. The van der Waals surface area contributed by atoms with Gasteiger partial charge in [0.15, 0.2) is 15.1 Å². The molecule has 0 aliphatic heterocycles. The minimum Gasteiger partial charge on any atom is -0.330 e. The van der Waals surface area contributed by atoms with Crippen LogP contribution in [0.15, 0.2) is 46.0 Å². The maximum Gasteiger partial charge on any atom is 0.227 e. The maximum atomic E-state index is 13.2. The predicted molar refractivity (Wildman–Crippen MR) is 92.3 cm³/mol. The Morgan fingerprint density at radius 3 is 3.00 bits per heavy atom. The third-order valence-corrected chi connectivity index (χ3v) is 6.63. The normalized spacial score (nSPS) is 12.4. The summed E-state index contributed by atoms with van der Waals surface area (Å²) in [5, 5.41) is 2.23. The summed E-state index contributed by atoms with van der Waals surface area (Å²) in [6, 6.07) is 3.42. The standard InChI is InChI=1S/C14H12ClN5O2S2/c15-11-13(20-6-7-23-14(20)18-11)24(21,22)10-8-19(5-3-16)12-9(10)2-1-4-17-12/h1-2,4,6-8H,3,5,16H2. The molecule has 4 heterocycles. The topological polar surface area (TPSA) is 95.3 Å². The van der Waals surface area contributed by atoms with Crippen molar-refractivity contribution >= 4 is 48.8 Å². The summed E-state index contributed by atoms with van der Waals surface area (Å²) in [4.78, 5) is 9.07. The lowest BCUT2D eigenvalue weighted by Crippen LogP contribution is -2.09. The zero-order valence-electron chi connectivity index (χ0n) is 12.3. The van der Waals surface area contributed by atoms with Gasteiger partial charge >= 0.3 is 0 Å². The van der Waals surface area contributed by atoms with Gasteiger partial charge in [-0.1, -0.05) is 11.6 Å². The fraction of sp³-hybridized carbons (Fsp3) is 0.143. The van der Waals surface area contributed by atoms with Crippen LogP contribution in [-0.4, -0.2) is 33.9 Å². The molecule has 4 aromatic rings. The third kappa shape index (κ3) is 2.16. The number of hydrogen-bond acceptors (Lipinski definition) is 6. The summed E-state index contributed by atoms with van der Waals surface area (Å²) < 4.78 is 29.7. The molecule has 4 aromatic heterocycles. The van der Waals surface area contributed by atoms with E-state index in [1.165, 1.54) is 15.7 Å². The minimum absolute atomic E-state index is 0.0314. The number of fused-ring (bicyclic) bond motifs is 2. The first-order valence-corrected chi connectivity index (χ1v) is 9.78. The minimum atomic E-state index is -3.87. The first-order valence-electron chi connectivity index (χ1n) is 7.04. The summed E-state index contributed by atoms with van der Waals surface area (Å²) in [6.07, 6.45) is 4.82. The fourth-order valence-electron chi connectivity index (χ4n) is 2.70. The molecule has 24 heavy (non-hydrogen) atoms. The molecule has 0 saturated heterocycles. The van der Waals surface area contributed by atoms with Crippen LogP contribution in [0.4, 0.5) is 0 Å². The van der Waals surface area contributed by atoms with Crippen LogP contribution in [0, 0.1) is 0 Å². The molecule has 0 bridgehead atoms. The van der Waals surface area contributed by atoms with Gasteiger partial charge in [0, 0.05) is 42.4 Å². The van der Waals surface area contributed by atoms with E-state index in [1.807, 2.05) is 0 Å². The highest BCUT2D eigenvalue weighted by Gasteiger charge is 2.30. The molecular formula is C14H12ClN5O2S2. The number of nitrogens with zero attached hydrogens (tertiary/aromatic N) is 4. The summed E-state index contributed by atoms with van der Waals surface area (Å²) in [5.74, 6) is 0. The van der Waals surface area contributed by atoms with Gasteiger partial charge in [0.05, 0.1) is 0 Å². The highest BCUT2D eigenvalue weighted by atomic mass is 35.5. The molecule has 124 valence electrons. The smallest absolute Gasteiger partial charge is 0.227 e. The molecule has 0 saturated carbocycles. The van der Waals surface area contributed by atoms with Gasteiger partial charge in [0.1, 0.15) is 10.5 Å². The Morgan fingerprint density at radius 1 is 1.38 bits per heavy atom. The molecule has 0 atom stereocenters. The Bertz CT molecular complexity index is 1160. The lowest BCUT2D eigenvalue weighted by Gasteiger charge is -2.02. The van der Waals surface area contributed by atoms with Crippen molar-refractivity contribution in [1.82, 2.24) is 18.9 Å². The van der Waals surface area contributed by atoms with Crippen molar-refractivity contribution in [3.05, 3.63) is 41.3 Å². The molecular weight excluding hydrogens is 370 g/mol. The van der Waals surface area contributed by atoms with Crippen LogP contribution in [0.2, 0.25) is 5.15 Å². The van der Waals surface area contributed by atoms with Crippen LogP contribution in [-0.2, 0) is 16.4 Å². The molecule has 0 fully saturated rings. The lowest BCUT2D eigenvalue weighted by molar-refractivity contribution is 0.591. The largest absolute Gasteiger partial charge is 0.330 e. The zero-order chi connectivity index (χ0) is 16.9. The number of imidazole rings is 1. The van der Waals surface area contributed by atoms with Crippen molar-refractivity contribution in [1.29, 1.82) is 0 Å². The number of nitrogens with two attached hydrogens (primary N) is 1. The third-order valence-electron chi connectivity index (χ3n) is 3.69. The number of rotatable bonds is 4. The Labute approximate surface area is 146 Å². The van der Waals surface area contributed by atoms with Crippen LogP contribution in [0.1, 0.15) is 0 Å². The number of pyridine rings is 1. The van der Waals surface area contributed by atoms with E-state index in [1.54, 1.807) is 40.7 Å². The SMILES string of the molecule is NCCn1cc(S(=O)(=O)c2c(Cl)nc3sccn23)c2cccnc21. The number of halogens is 1. The molecule has 0 radical (unpaired) electrons. The average molecular weight is 382 g/mol. The number of thiazole rings is 1. The van der Waals surface area contributed by atoms with Gasteiger partial charge in [0.25, 0.3) is 0 Å². The van der Waals surface area contributed by atoms with Crippen molar-refractivity contribution < 1.29 is 8.42 Å². The number of hydrogen-bond donors (Lipinski definition) is 1. The van der Waals surface area contributed by atoms with Crippen molar-refractivity contribution in [2.45, 2.75) is 16.5 Å². The average Bonchev–Trinajstić information content (AvgIpc) is 3.20. The molecule has 0 aliphatic carbocycles. The van der Waals surface area contributed by atoms with Gasteiger partial charge < -0.3 is 10.3 Å². The molecule has 10 heteroatoms. The van der Waals surface area contributed by atoms with E-state index < -0.39 is 9.84 Å². The Morgan fingerprint density at radius 2 is 2.21 bits per heavy atom. The fourth-order valence-corrected chi connectivity index (χ4v) is 5.59. The molecule has 0 spiro atoms. The molecule has 7 nitrogen and oxygen atoms in total. The first-order chi connectivity index (χ1) is 11.5. The second-order valence-electron chi connectivity index (χ2n) is 5.12. The Balaban J connectivity index is 2.03. The molecule has 0 aromatic carbocycles. The van der Waals surface area contributed by atoms with E-state index in [-0.39, 0.29) is 15.1 Å². The molecule has 0 amide bonds. The van der Waals surface area contributed by atoms with Gasteiger partial charge in [-0.25, -0.2) is 18.4 Å². The second-order valence-corrected chi connectivity index (χ2v) is 8.18. The van der Waals surface area contributed by atoms with Crippen LogP contribution >= 0.6 is 22.9 Å². The first kappa shape index (κ1) is 15.6. The Hall–Kier alpha value is -1.94. The van der Waals surface area contributed by atoms with Crippen molar-refractivity contribution in [2.75, 3.05) is 6.54 Å². The highest BCUT2D eigenvalue weighted by Crippen LogP contribution is 2.34. The molecule has 0 unspecified atom stereocenters. The van der Waals surface area contributed by atoms with E-state index in [2.05, 4.69) is 9.97 Å². The van der Waals surface area contributed by atoms with Crippen molar-refractivity contribution in [3.8, 4) is 0 Å². The van der Waals surface area contributed by atoms with Gasteiger partial charge in [-0.2, -0.15) is 0 Å². The molecule has 4 rings (SSSR count). The van der Waals surface area contributed by atoms with Crippen LogP contribution in [0.5, 0.6) is 0 Å². The molecule has 0 aliphatic rings. The van der Waals surface area contributed by atoms with Crippen molar-refractivity contribution in [2.24, 2.45) is 5.73 Å². The van der Waals surface area contributed by atoms with Crippen LogP contribution in [0.25, 0.3) is 16.0 Å². The summed E-state index contributed by atoms with van der Waals surface area (Å²) in [7, 11) is -3.87. The quantitative estimate of drug-likeness (QED) is 0.584. The van der Waals surface area contributed by atoms with Crippen LogP contribution in [0.3, 0.4) is 0 Å². The summed E-state index contributed by atoms with van der Waals surface area (Å²) >= 11 is 7.44. The predicted octanol–water partition coefficient (Wildman–Crippen LogP) is 2.19. The van der Waals surface area contributed by atoms with Crippen molar-refractivity contribution in [3.63, 3.8) is 0 Å². The second kappa shape index (κ2) is 5.55. The van der Waals surface area contributed by atoms with E-state index in [0.29, 0.717) is 29.1 Å². The highest BCUT2D eigenvalue weighted by molar-refractivity contribution is 7.91. The van der Waals surface area contributed by atoms with Gasteiger partial charge in [-0.15, -0.1) is 11.3 Å². The van der Waals surface area contributed by atoms with E-state index in [9.17, 15) is 8.42 Å².